The number of benzene rings is 1. The van der Waals surface area contributed by atoms with E-state index in [4.69, 9.17) is 4.74 Å². The van der Waals surface area contributed by atoms with E-state index in [0.717, 1.165) is 17.3 Å². The van der Waals surface area contributed by atoms with Crippen LogP contribution < -0.4 is 4.74 Å². The number of hydrogen-bond acceptors (Lipinski definition) is 3. The molecule has 82 valence electrons. The van der Waals surface area contributed by atoms with E-state index >= 15 is 0 Å². The zero-order chi connectivity index (χ0) is 11.5. The molecule has 16 heavy (non-hydrogen) atoms. The van der Waals surface area contributed by atoms with E-state index < -0.39 is 0 Å². The van der Waals surface area contributed by atoms with Gasteiger partial charge in [-0.15, -0.1) is 0 Å². The zero-order valence-corrected chi connectivity index (χ0v) is 9.69. The monoisotopic (exact) mass is 214 g/mol. The lowest BCUT2D eigenvalue weighted by Crippen LogP contribution is -1.95. The maximum absolute atomic E-state index is 5.67. The Kier molecular flexibility index (Phi) is 2.86. The van der Waals surface area contributed by atoms with Crippen molar-refractivity contribution in [2.24, 2.45) is 0 Å². The molecule has 0 aliphatic rings. The van der Waals surface area contributed by atoms with Crippen LogP contribution in [0.1, 0.15) is 17.1 Å². The molecule has 3 heteroatoms. The maximum Gasteiger partial charge on any atom is 0.222 e. The average Bonchev–Trinajstić information content (AvgIpc) is 2.15. The van der Waals surface area contributed by atoms with Gasteiger partial charge in [0.05, 0.1) is 0 Å². The standard InChI is InChI=1S/C13H14N2O/c1-9-5-4-6-12(7-9)16-13-8-10(2)14-11(3)15-13/h4-8H,1-3H3. The second kappa shape index (κ2) is 4.31. The van der Waals surface area contributed by atoms with Gasteiger partial charge in [-0.1, -0.05) is 12.1 Å². The summed E-state index contributed by atoms with van der Waals surface area (Å²) in [6.07, 6.45) is 0. The van der Waals surface area contributed by atoms with Crippen molar-refractivity contribution in [1.29, 1.82) is 0 Å². The number of ether oxygens (including phenoxy) is 1. The van der Waals surface area contributed by atoms with Gasteiger partial charge in [0.2, 0.25) is 5.88 Å². The topological polar surface area (TPSA) is 35.0 Å². The highest BCUT2D eigenvalue weighted by atomic mass is 16.5. The molecule has 0 aliphatic carbocycles. The second-order valence-corrected chi connectivity index (χ2v) is 3.81. The first kappa shape index (κ1) is 10.6. The van der Waals surface area contributed by atoms with E-state index in [1.165, 1.54) is 5.56 Å². The van der Waals surface area contributed by atoms with Crippen molar-refractivity contribution in [3.63, 3.8) is 0 Å². The minimum Gasteiger partial charge on any atom is -0.439 e. The molecule has 0 saturated heterocycles. The molecule has 0 unspecified atom stereocenters. The molecule has 0 N–H and O–H groups in total. The molecule has 1 aromatic carbocycles. The lowest BCUT2D eigenvalue weighted by molar-refractivity contribution is 0.458. The molecule has 0 atom stereocenters. The Morgan fingerprint density at radius 3 is 2.50 bits per heavy atom. The number of rotatable bonds is 2. The SMILES string of the molecule is Cc1cccc(Oc2cc(C)nc(C)n2)c1. The Balaban J connectivity index is 2.27. The van der Waals surface area contributed by atoms with E-state index in [2.05, 4.69) is 9.97 Å². The van der Waals surface area contributed by atoms with Crippen molar-refractivity contribution >= 4 is 0 Å². The summed E-state index contributed by atoms with van der Waals surface area (Å²) < 4.78 is 5.67. The molecule has 0 aliphatic heterocycles. The smallest absolute Gasteiger partial charge is 0.222 e. The Morgan fingerprint density at radius 2 is 1.81 bits per heavy atom. The zero-order valence-electron chi connectivity index (χ0n) is 9.69. The number of aromatic nitrogens is 2. The van der Waals surface area contributed by atoms with Gasteiger partial charge in [0, 0.05) is 11.8 Å². The van der Waals surface area contributed by atoms with Gasteiger partial charge in [-0.3, -0.25) is 0 Å². The summed E-state index contributed by atoms with van der Waals surface area (Å²) in [5.41, 5.74) is 2.08. The molecule has 0 bridgehead atoms. The Bertz CT molecular complexity index is 489. The molecule has 2 rings (SSSR count). The fraction of sp³-hybridized carbons (Fsp3) is 0.231. The van der Waals surface area contributed by atoms with Crippen molar-refractivity contribution in [3.8, 4) is 11.6 Å². The molecule has 0 fully saturated rings. The largest absolute Gasteiger partial charge is 0.439 e. The summed E-state index contributed by atoms with van der Waals surface area (Å²) in [5.74, 6) is 2.12. The van der Waals surface area contributed by atoms with Gasteiger partial charge >= 0.3 is 0 Å². The van der Waals surface area contributed by atoms with Gasteiger partial charge in [-0.25, -0.2) is 4.98 Å². The van der Waals surface area contributed by atoms with Crippen molar-refractivity contribution in [2.75, 3.05) is 0 Å². The van der Waals surface area contributed by atoms with Crippen LogP contribution in [0.15, 0.2) is 30.3 Å². The summed E-state index contributed by atoms with van der Waals surface area (Å²) in [4.78, 5) is 8.43. The molecule has 3 nitrogen and oxygen atoms in total. The molecule has 1 heterocycles. The van der Waals surface area contributed by atoms with Gasteiger partial charge in [0.15, 0.2) is 0 Å². The minimum atomic E-state index is 0.593. The van der Waals surface area contributed by atoms with Crippen LogP contribution in [0.3, 0.4) is 0 Å². The highest BCUT2D eigenvalue weighted by Crippen LogP contribution is 2.20. The van der Waals surface area contributed by atoms with Gasteiger partial charge in [0.25, 0.3) is 0 Å². The van der Waals surface area contributed by atoms with Crippen LogP contribution in [0, 0.1) is 20.8 Å². The third-order valence-corrected chi connectivity index (χ3v) is 2.15. The van der Waals surface area contributed by atoms with Crippen LogP contribution >= 0.6 is 0 Å². The van der Waals surface area contributed by atoms with E-state index in [-0.39, 0.29) is 0 Å². The maximum atomic E-state index is 5.67. The Morgan fingerprint density at radius 1 is 1.00 bits per heavy atom. The van der Waals surface area contributed by atoms with Crippen molar-refractivity contribution in [1.82, 2.24) is 9.97 Å². The molecule has 0 saturated carbocycles. The lowest BCUT2D eigenvalue weighted by atomic mass is 10.2. The van der Waals surface area contributed by atoms with Crippen molar-refractivity contribution in [2.45, 2.75) is 20.8 Å². The normalized spacial score (nSPS) is 10.2. The summed E-state index contributed by atoms with van der Waals surface area (Å²) in [6, 6.07) is 9.72. The van der Waals surface area contributed by atoms with Gasteiger partial charge in [-0.2, -0.15) is 4.98 Å². The van der Waals surface area contributed by atoms with Crippen molar-refractivity contribution in [3.05, 3.63) is 47.4 Å². The fourth-order valence-corrected chi connectivity index (χ4v) is 1.53. The van der Waals surface area contributed by atoms with E-state index in [1.54, 1.807) is 0 Å². The van der Waals surface area contributed by atoms with Crippen LogP contribution in [0.5, 0.6) is 11.6 Å². The van der Waals surface area contributed by atoms with Crippen LogP contribution in [0.25, 0.3) is 0 Å². The van der Waals surface area contributed by atoms with Gasteiger partial charge < -0.3 is 4.74 Å². The van der Waals surface area contributed by atoms with Gasteiger partial charge in [-0.05, 0) is 38.5 Å². The summed E-state index contributed by atoms with van der Waals surface area (Å²) >= 11 is 0. The minimum absolute atomic E-state index is 0.593. The number of nitrogens with zero attached hydrogens (tertiary/aromatic N) is 2. The van der Waals surface area contributed by atoms with Crippen LogP contribution in [0.2, 0.25) is 0 Å². The highest BCUT2D eigenvalue weighted by molar-refractivity contribution is 5.31. The molecular formula is C13H14N2O. The van der Waals surface area contributed by atoms with Gasteiger partial charge in [0.1, 0.15) is 11.6 Å². The second-order valence-electron chi connectivity index (χ2n) is 3.81. The lowest BCUT2D eigenvalue weighted by Gasteiger charge is -2.06. The molecule has 2 aromatic rings. The Hall–Kier alpha value is -1.90. The third-order valence-electron chi connectivity index (χ3n) is 2.15. The summed E-state index contributed by atoms with van der Waals surface area (Å²) in [5, 5.41) is 0. The highest BCUT2D eigenvalue weighted by Gasteiger charge is 2.01. The van der Waals surface area contributed by atoms with Crippen LogP contribution in [-0.4, -0.2) is 9.97 Å². The molecular weight excluding hydrogens is 200 g/mol. The first-order chi connectivity index (χ1) is 7.63. The van der Waals surface area contributed by atoms with E-state index in [9.17, 15) is 0 Å². The molecule has 0 spiro atoms. The van der Waals surface area contributed by atoms with E-state index in [1.807, 2.05) is 51.1 Å². The average molecular weight is 214 g/mol. The molecule has 0 amide bonds. The number of aryl methyl sites for hydroxylation is 3. The molecule has 1 aromatic heterocycles. The quantitative estimate of drug-likeness (QED) is 0.770. The molecule has 0 radical (unpaired) electrons. The van der Waals surface area contributed by atoms with Crippen molar-refractivity contribution < 1.29 is 4.74 Å². The third kappa shape index (κ3) is 2.57. The van der Waals surface area contributed by atoms with Crippen LogP contribution in [-0.2, 0) is 0 Å². The summed E-state index contributed by atoms with van der Waals surface area (Å²) in [6.45, 7) is 5.82. The predicted molar refractivity (Wildman–Crippen MR) is 62.8 cm³/mol. The first-order valence-electron chi connectivity index (χ1n) is 5.20. The van der Waals surface area contributed by atoms with E-state index in [0.29, 0.717) is 5.88 Å². The first-order valence-corrected chi connectivity index (χ1v) is 5.20. The predicted octanol–water partition coefficient (Wildman–Crippen LogP) is 3.19. The Labute approximate surface area is 95.1 Å². The number of hydrogen-bond donors (Lipinski definition) is 0. The summed E-state index contributed by atoms with van der Waals surface area (Å²) in [7, 11) is 0. The van der Waals surface area contributed by atoms with Crippen LogP contribution in [0.4, 0.5) is 0 Å². The fourth-order valence-electron chi connectivity index (χ4n) is 1.53.